The molecule has 0 atom stereocenters. The van der Waals surface area contributed by atoms with Crippen LogP contribution >= 0.6 is 0 Å². The molecule has 0 saturated carbocycles. The molecule has 2 rings (SSSR count). The van der Waals surface area contributed by atoms with Gasteiger partial charge < -0.3 is 24.8 Å². The van der Waals surface area contributed by atoms with Gasteiger partial charge in [0, 0.05) is 31.7 Å². The van der Waals surface area contributed by atoms with E-state index in [1.54, 1.807) is 11.0 Å². The zero-order chi connectivity index (χ0) is 20.2. The second kappa shape index (κ2) is 8.43. The van der Waals surface area contributed by atoms with Gasteiger partial charge >= 0.3 is 11.8 Å². The highest BCUT2D eigenvalue weighted by Crippen LogP contribution is 2.36. The highest BCUT2D eigenvalue weighted by atomic mass is 16.6. The number of nitrogens with one attached hydrogen (secondary N) is 1. The number of phenolic OH excluding ortho intramolecular Hbond substituents is 1. The van der Waals surface area contributed by atoms with Gasteiger partial charge in [0.05, 0.1) is 12.0 Å². The molecule has 1 aromatic carbocycles. The number of likely N-dealkylation sites (tertiary alicyclic amines) is 1. The smallest absolute Gasteiger partial charge is 0.410 e. The third kappa shape index (κ3) is 5.72. The first kappa shape index (κ1) is 20.8. The van der Waals surface area contributed by atoms with Gasteiger partial charge in [-0.25, -0.2) is 4.79 Å². The Kier molecular flexibility index (Phi) is 6.48. The summed E-state index contributed by atoms with van der Waals surface area (Å²) in [6.07, 6.45) is 1.22. The van der Waals surface area contributed by atoms with Gasteiger partial charge in [-0.2, -0.15) is 0 Å². The van der Waals surface area contributed by atoms with Crippen LogP contribution in [0.5, 0.6) is 11.5 Å². The molecular weight excluding hydrogens is 354 g/mol. The van der Waals surface area contributed by atoms with Crippen molar-refractivity contribution in [3.63, 3.8) is 0 Å². The van der Waals surface area contributed by atoms with E-state index in [1.807, 2.05) is 20.8 Å². The Morgan fingerprint density at radius 3 is 2.52 bits per heavy atom. The molecule has 1 aromatic rings. The van der Waals surface area contributed by atoms with Crippen LogP contribution in [0.2, 0.25) is 0 Å². The third-order valence-electron chi connectivity index (χ3n) is 4.27. The van der Waals surface area contributed by atoms with Crippen LogP contribution in [0.3, 0.4) is 0 Å². The second-order valence-corrected chi connectivity index (χ2v) is 7.55. The Hall–Kier alpha value is -2.55. The number of nitro groups is 1. The number of ether oxygens (including phenoxy) is 2. The summed E-state index contributed by atoms with van der Waals surface area (Å²) in [5.74, 6) is -0.405. The number of amides is 1. The summed E-state index contributed by atoms with van der Waals surface area (Å²) < 4.78 is 10.4. The van der Waals surface area contributed by atoms with Crippen molar-refractivity contribution in [2.45, 2.75) is 51.8 Å². The predicted molar refractivity (Wildman–Crippen MR) is 99.0 cm³/mol. The molecule has 0 radical (unpaired) electrons. The van der Waals surface area contributed by atoms with E-state index in [2.05, 4.69) is 5.32 Å². The van der Waals surface area contributed by atoms with Gasteiger partial charge in [-0.15, -0.1) is 0 Å². The normalized spacial score (nSPS) is 15.5. The number of rotatable bonds is 5. The lowest BCUT2D eigenvalue weighted by molar-refractivity contribution is -0.386. The van der Waals surface area contributed by atoms with Crippen molar-refractivity contribution in [2.24, 2.45) is 0 Å². The first-order valence-corrected chi connectivity index (χ1v) is 8.86. The SMILES string of the molecule is COc1cc(CNC2CCN(C(=O)OC(C)(C)C)CC2)cc([N+](=O)[O-])c1O. The van der Waals surface area contributed by atoms with E-state index < -0.39 is 16.3 Å². The minimum absolute atomic E-state index is 0.0701. The van der Waals surface area contributed by atoms with Crippen LogP contribution in [0, 0.1) is 10.1 Å². The first-order chi connectivity index (χ1) is 12.6. The average Bonchev–Trinajstić information content (AvgIpc) is 2.59. The maximum absolute atomic E-state index is 12.1. The topological polar surface area (TPSA) is 114 Å². The maximum Gasteiger partial charge on any atom is 0.410 e. The molecule has 1 saturated heterocycles. The number of nitro benzene ring substituents is 1. The fourth-order valence-electron chi connectivity index (χ4n) is 2.90. The highest BCUT2D eigenvalue weighted by Gasteiger charge is 2.27. The van der Waals surface area contributed by atoms with Gasteiger partial charge in [0.1, 0.15) is 5.60 Å². The molecule has 150 valence electrons. The number of carbonyl (C=O) groups excluding carboxylic acids is 1. The van der Waals surface area contributed by atoms with E-state index >= 15 is 0 Å². The van der Waals surface area contributed by atoms with Crippen LogP contribution in [0.15, 0.2) is 12.1 Å². The van der Waals surface area contributed by atoms with E-state index in [-0.39, 0.29) is 23.6 Å². The fourth-order valence-corrected chi connectivity index (χ4v) is 2.90. The van der Waals surface area contributed by atoms with Gasteiger partial charge in [0.15, 0.2) is 5.75 Å². The van der Waals surface area contributed by atoms with Crippen molar-refractivity contribution >= 4 is 11.8 Å². The molecule has 0 unspecified atom stereocenters. The van der Waals surface area contributed by atoms with Crippen LogP contribution in [-0.2, 0) is 11.3 Å². The average molecular weight is 381 g/mol. The Bertz CT molecular complexity index is 693. The Balaban J connectivity index is 1.91. The second-order valence-electron chi connectivity index (χ2n) is 7.55. The lowest BCUT2D eigenvalue weighted by Crippen LogP contribution is -2.46. The van der Waals surface area contributed by atoms with E-state index in [0.717, 1.165) is 12.8 Å². The highest BCUT2D eigenvalue weighted by molar-refractivity contribution is 5.68. The standard InChI is InChI=1S/C18H27N3O6/c1-18(2,3)27-17(23)20-7-5-13(6-8-20)19-11-12-9-14(21(24)25)16(22)15(10-12)26-4/h9-10,13,19,22H,5-8,11H2,1-4H3. The molecule has 2 N–H and O–H groups in total. The number of benzene rings is 1. The summed E-state index contributed by atoms with van der Waals surface area (Å²) in [6.45, 7) is 7.09. The Morgan fingerprint density at radius 2 is 2.00 bits per heavy atom. The summed E-state index contributed by atoms with van der Waals surface area (Å²) in [7, 11) is 1.35. The maximum atomic E-state index is 12.1. The Labute approximate surface area is 158 Å². The quantitative estimate of drug-likeness (QED) is 0.595. The molecular formula is C18H27N3O6. The van der Waals surface area contributed by atoms with E-state index in [0.29, 0.717) is 25.2 Å². The minimum atomic E-state index is -0.638. The van der Waals surface area contributed by atoms with E-state index in [9.17, 15) is 20.0 Å². The molecule has 1 fully saturated rings. The van der Waals surface area contributed by atoms with Crippen molar-refractivity contribution < 1.29 is 24.3 Å². The number of hydrogen-bond acceptors (Lipinski definition) is 7. The van der Waals surface area contributed by atoms with Crippen molar-refractivity contribution in [3.05, 3.63) is 27.8 Å². The molecule has 27 heavy (non-hydrogen) atoms. The first-order valence-electron chi connectivity index (χ1n) is 8.86. The fraction of sp³-hybridized carbons (Fsp3) is 0.611. The molecule has 9 nitrogen and oxygen atoms in total. The molecule has 0 bridgehead atoms. The summed E-state index contributed by atoms with van der Waals surface area (Å²) in [5, 5.41) is 24.2. The molecule has 9 heteroatoms. The van der Waals surface area contributed by atoms with Crippen LogP contribution < -0.4 is 10.1 Å². The molecule has 1 amide bonds. The molecule has 1 aliphatic rings. The summed E-state index contributed by atoms with van der Waals surface area (Å²) in [4.78, 5) is 24.2. The molecule has 0 aromatic heterocycles. The zero-order valence-electron chi connectivity index (χ0n) is 16.2. The van der Waals surface area contributed by atoms with Crippen molar-refractivity contribution in [1.82, 2.24) is 10.2 Å². The lowest BCUT2D eigenvalue weighted by atomic mass is 10.0. The Morgan fingerprint density at radius 1 is 1.37 bits per heavy atom. The predicted octanol–water partition coefficient (Wildman–Crippen LogP) is 2.80. The van der Waals surface area contributed by atoms with E-state index in [4.69, 9.17) is 9.47 Å². The summed E-state index contributed by atoms with van der Waals surface area (Å²) in [6, 6.07) is 3.09. The van der Waals surface area contributed by atoms with Crippen LogP contribution in [0.25, 0.3) is 0 Å². The van der Waals surface area contributed by atoms with E-state index in [1.165, 1.54) is 13.2 Å². The van der Waals surface area contributed by atoms with Gasteiger partial charge in [0.25, 0.3) is 0 Å². The number of phenols is 1. The third-order valence-corrected chi connectivity index (χ3v) is 4.27. The largest absolute Gasteiger partial charge is 0.500 e. The molecule has 1 aliphatic heterocycles. The number of hydrogen-bond donors (Lipinski definition) is 2. The van der Waals surface area contributed by atoms with Crippen LogP contribution in [-0.4, -0.2) is 52.9 Å². The minimum Gasteiger partial charge on any atom is -0.500 e. The molecule has 0 spiro atoms. The molecule has 0 aliphatic carbocycles. The summed E-state index contributed by atoms with van der Waals surface area (Å²) in [5.41, 5.74) is -0.254. The number of nitrogens with zero attached hydrogens (tertiary/aromatic N) is 2. The van der Waals surface area contributed by atoms with Gasteiger partial charge in [-0.05, 0) is 45.2 Å². The van der Waals surface area contributed by atoms with Crippen molar-refractivity contribution in [2.75, 3.05) is 20.2 Å². The van der Waals surface area contributed by atoms with Gasteiger partial charge in [0.2, 0.25) is 5.75 Å². The number of carbonyl (C=O) groups is 1. The molecule has 1 heterocycles. The summed E-state index contributed by atoms with van der Waals surface area (Å²) >= 11 is 0. The monoisotopic (exact) mass is 381 g/mol. The number of aromatic hydroxyl groups is 1. The van der Waals surface area contributed by atoms with Crippen molar-refractivity contribution in [1.29, 1.82) is 0 Å². The van der Waals surface area contributed by atoms with Gasteiger partial charge in [-0.3, -0.25) is 10.1 Å². The number of piperidine rings is 1. The van der Waals surface area contributed by atoms with Crippen LogP contribution in [0.4, 0.5) is 10.5 Å². The van der Waals surface area contributed by atoms with Crippen molar-refractivity contribution in [3.8, 4) is 11.5 Å². The van der Waals surface area contributed by atoms with Crippen LogP contribution in [0.1, 0.15) is 39.2 Å². The lowest BCUT2D eigenvalue weighted by Gasteiger charge is -2.33. The number of methoxy groups -OCH3 is 1. The zero-order valence-corrected chi connectivity index (χ0v) is 16.2. The van der Waals surface area contributed by atoms with Gasteiger partial charge in [-0.1, -0.05) is 0 Å².